The topological polar surface area (TPSA) is 63.7 Å². The van der Waals surface area contributed by atoms with E-state index < -0.39 is 0 Å². The van der Waals surface area contributed by atoms with Gasteiger partial charge in [0.25, 0.3) is 0 Å². The number of anilines is 1. The van der Waals surface area contributed by atoms with Crippen LogP contribution in [-0.2, 0) is 14.3 Å². The van der Waals surface area contributed by atoms with Gasteiger partial charge in [0, 0.05) is 0 Å². The molecular weight excluding hydrogens is 342 g/mol. The lowest BCUT2D eigenvalue weighted by Crippen LogP contribution is -2.33. The van der Waals surface area contributed by atoms with Gasteiger partial charge in [0.05, 0.1) is 23.1 Å². The summed E-state index contributed by atoms with van der Waals surface area (Å²) in [5, 5.41) is 0. The molecule has 0 unspecified atom stereocenters. The number of imide groups is 1. The summed E-state index contributed by atoms with van der Waals surface area (Å²) < 4.78 is 5.64. The molecule has 1 aromatic rings. The maximum atomic E-state index is 13.0. The first-order valence-corrected chi connectivity index (χ1v) is 10.3. The number of fused-ring (bicyclic) bond motifs is 5. The van der Waals surface area contributed by atoms with E-state index in [-0.39, 0.29) is 35.7 Å². The second kappa shape index (κ2) is 6.47. The van der Waals surface area contributed by atoms with Crippen LogP contribution >= 0.6 is 0 Å². The van der Waals surface area contributed by atoms with Crippen molar-refractivity contribution in [2.75, 3.05) is 4.90 Å². The van der Waals surface area contributed by atoms with Crippen LogP contribution in [0.4, 0.5) is 5.69 Å². The fourth-order valence-corrected chi connectivity index (χ4v) is 5.84. The second-order valence-corrected chi connectivity index (χ2v) is 8.61. The highest BCUT2D eigenvalue weighted by atomic mass is 16.5. The molecule has 142 valence electrons. The van der Waals surface area contributed by atoms with Gasteiger partial charge < -0.3 is 4.74 Å². The minimum Gasteiger partial charge on any atom is -0.459 e. The minimum atomic E-state index is -0.358. The molecule has 3 aliphatic carbocycles. The van der Waals surface area contributed by atoms with Crippen LogP contribution < -0.4 is 4.90 Å². The standard InChI is InChI=1S/C22H25NO4/c24-20-18-13-9-10-14(11-13)19(18)21(25)23(20)16-6-4-5-15(12-16)22(26)27-17-7-2-1-3-8-17/h4-6,12-14,17-19H,1-3,7-11H2/t13-,14+,18+,19-. The highest BCUT2D eigenvalue weighted by molar-refractivity contribution is 6.22. The number of ether oxygens (including phenoxy) is 1. The van der Waals surface area contributed by atoms with Gasteiger partial charge in [-0.1, -0.05) is 12.5 Å². The number of carbonyl (C=O) groups excluding carboxylic acids is 3. The quantitative estimate of drug-likeness (QED) is 0.603. The molecule has 1 aliphatic heterocycles. The lowest BCUT2D eigenvalue weighted by Gasteiger charge is -2.22. The summed E-state index contributed by atoms with van der Waals surface area (Å²) in [5.41, 5.74) is 0.926. The van der Waals surface area contributed by atoms with Crippen molar-refractivity contribution in [3.8, 4) is 0 Å². The molecule has 0 radical (unpaired) electrons. The van der Waals surface area contributed by atoms with Gasteiger partial charge in [-0.25, -0.2) is 4.79 Å². The summed E-state index contributed by atoms with van der Waals surface area (Å²) in [6.45, 7) is 0. The Morgan fingerprint density at radius 3 is 2.26 bits per heavy atom. The van der Waals surface area contributed by atoms with Gasteiger partial charge in [-0.15, -0.1) is 0 Å². The Kier molecular flexibility index (Phi) is 4.06. The third-order valence-electron chi connectivity index (χ3n) is 7.09. The van der Waals surface area contributed by atoms with Crippen LogP contribution in [0.5, 0.6) is 0 Å². The number of hydrogen-bond donors (Lipinski definition) is 0. The average Bonchev–Trinajstić information content (AvgIpc) is 3.36. The van der Waals surface area contributed by atoms with E-state index >= 15 is 0 Å². The van der Waals surface area contributed by atoms with Crippen molar-refractivity contribution < 1.29 is 19.1 Å². The molecule has 1 aromatic carbocycles. The van der Waals surface area contributed by atoms with Crippen molar-refractivity contribution in [2.45, 2.75) is 57.5 Å². The highest BCUT2D eigenvalue weighted by Crippen LogP contribution is 2.56. The summed E-state index contributed by atoms with van der Waals surface area (Å²) in [7, 11) is 0. The van der Waals surface area contributed by atoms with Crippen LogP contribution in [0.1, 0.15) is 61.7 Å². The maximum Gasteiger partial charge on any atom is 0.338 e. The predicted octanol–water partition coefficient (Wildman–Crippen LogP) is 3.71. The van der Waals surface area contributed by atoms with Crippen molar-refractivity contribution in [1.29, 1.82) is 0 Å². The van der Waals surface area contributed by atoms with E-state index in [1.54, 1.807) is 24.3 Å². The molecule has 4 atom stereocenters. The maximum absolute atomic E-state index is 13.0. The number of amides is 2. The van der Waals surface area contributed by atoms with Crippen molar-refractivity contribution in [3.05, 3.63) is 29.8 Å². The van der Waals surface area contributed by atoms with Crippen molar-refractivity contribution in [3.63, 3.8) is 0 Å². The summed E-state index contributed by atoms with van der Waals surface area (Å²) in [6.07, 6.45) is 8.36. The Balaban J connectivity index is 1.37. The van der Waals surface area contributed by atoms with Crippen LogP contribution in [0.3, 0.4) is 0 Å². The largest absolute Gasteiger partial charge is 0.459 e. The first-order valence-electron chi connectivity index (χ1n) is 10.3. The summed E-state index contributed by atoms with van der Waals surface area (Å²) >= 11 is 0. The Hall–Kier alpha value is -2.17. The van der Waals surface area contributed by atoms with Crippen LogP contribution in [0.2, 0.25) is 0 Å². The lowest BCUT2D eigenvalue weighted by atomic mass is 9.81. The summed E-state index contributed by atoms with van der Waals surface area (Å²) in [6, 6.07) is 6.82. The van der Waals surface area contributed by atoms with Gasteiger partial charge in [-0.3, -0.25) is 14.5 Å². The van der Waals surface area contributed by atoms with E-state index in [4.69, 9.17) is 4.74 Å². The van der Waals surface area contributed by atoms with Crippen LogP contribution in [0, 0.1) is 23.7 Å². The molecule has 0 aromatic heterocycles. The summed E-state index contributed by atoms with van der Waals surface area (Å²) in [4.78, 5) is 39.8. The number of carbonyl (C=O) groups is 3. The lowest BCUT2D eigenvalue weighted by molar-refractivity contribution is -0.123. The first-order chi connectivity index (χ1) is 13.1. The third-order valence-corrected chi connectivity index (χ3v) is 7.09. The first kappa shape index (κ1) is 17.0. The Morgan fingerprint density at radius 1 is 0.926 bits per heavy atom. The number of nitrogens with zero attached hydrogens (tertiary/aromatic N) is 1. The predicted molar refractivity (Wildman–Crippen MR) is 99.0 cm³/mol. The Labute approximate surface area is 159 Å². The molecule has 2 bridgehead atoms. The summed E-state index contributed by atoms with van der Waals surface area (Å²) in [5.74, 6) is -0.0712. The van der Waals surface area contributed by atoms with E-state index in [1.165, 1.54) is 11.3 Å². The second-order valence-electron chi connectivity index (χ2n) is 8.61. The number of hydrogen-bond acceptors (Lipinski definition) is 4. The van der Waals surface area contributed by atoms with Gasteiger partial charge in [-0.05, 0) is 75.0 Å². The van der Waals surface area contributed by atoms with Crippen molar-refractivity contribution >= 4 is 23.5 Å². The molecule has 5 heteroatoms. The van der Waals surface area contributed by atoms with E-state index in [0.29, 0.717) is 23.1 Å². The molecule has 1 saturated heterocycles. The van der Waals surface area contributed by atoms with Crippen LogP contribution in [-0.4, -0.2) is 23.9 Å². The fraction of sp³-hybridized carbons (Fsp3) is 0.591. The zero-order chi connectivity index (χ0) is 18.5. The van der Waals surface area contributed by atoms with Crippen LogP contribution in [0.25, 0.3) is 0 Å². The molecular formula is C22H25NO4. The molecule has 0 spiro atoms. The number of rotatable bonds is 3. The fourth-order valence-electron chi connectivity index (χ4n) is 5.84. The van der Waals surface area contributed by atoms with E-state index in [1.807, 2.05) is 0 Å². The zero-order valence-corrected chi connectivity index (χ0v) is 15.4. The molecule has 5 nitrogen and oxygen atoms in total. The van der Waals surface area contributed by atoms with Crippen LogP contribution in [0.15, 0.2) is 24.3 Å². The van der Waals surface area contributed by atoms with E-state index in [9.17, 15) is 14.4 Å². The van der Waals surface area contributed by atoms with Crippen molar-refractivity contribution in [2.24, 2.45) is 23.7 Å². The molecule has 2 amide bonds. The molecule has 1 heterocycles. The third kappa shape index (κ3) is 2.70. The van der Waals surface area contributed by atoms with Crippen molar-refractivity contribution in [1.82, 2.24) is 0 Å². The number of esters is 1. The molecule has 4 fully saturated rings. The molecule has 3 saturated carbocycles. The molecule has 0 N–H and O–H groups in total. The molecule has 27 heavy (non-hydrogen) atoms. The van der Waals surface area contributed by atoms with Gasteiger partial charge >= 0.3 is 5.97 Å². The van der Waals surface area contributed by atoms with E-state index in [2.05, 4.69) is 0 Å². The average molecular weight is 367 g/mol. The van der Waals surface area contributed by atoms with Gasteiger partial charge in [0.2, 0.25) is 11.8 Å². The van der Waals surface area contributed by atoms with E-state index in [0.717, 1.165) is 44.9 Å². The Morgan fingerprint density at radius 2 is 1.59 bits per heavy atom. The van der Waals surface area contributed by atoms with Gasteiger partial charge in [-0.2, -0.15) is 0 Å². The minimum absolute atomic E-state index is 0.0139. The zero-order valence-electron chi connectivity index (χ0n) is 15.4. The van der Waals surface area contributed by atoms with Gasteiger partial charge in [0.1, 0.15) is 6.10 Å². The Bertz CT molecular complexity index is 769. The smallest absolute Gasteiger partial charge is 0.338 e. The molecule has 5 rings (SSSR count). The monoisotopic (exact) mass is 367 g/mol. The number of benzene rings is 1. The highest BCUT2D eigenvalue weighted by Gasteiger charge is 2.61. The normalized spacial score (nSPS) is 32.8. The molecule has 4 aliphatic rings. The van der Waals surface area contributed by atoms with Gasteiger partial charge in [0.15, 0.2) is 0 Å². The SMILES string of the molecule is O=C(OC1CCCCC1)c1cccc(N2C(=O)[C@@H]3[C@H]4CC[C@H](C4)[C@@H]3C2=O)c1.